The van der Waals surface area contributed by atoms with E-state index in [2.05, 4.69) is 26.3 Å². The van der Waals surface area contributed by atoms with Crippen molar-refractivity contribution in [3.8, 4) is 11.5 Å². The molecule has 0 aliphatic heterocycles. The summed E-state index contributed by atoms with van der Waals surface area (Å²) >= 11 is 0. The maximum absolute atomic E-state index is 5.99. The van der Waals surface area contributed by atoms with Gasteiger partial charge in [-0.3, -0.25) is 4.98 Å². The van der Waals surface area contributed by atoms with Crippen LogP contribution >= 0.6 is 0 Å². The van der Waals surface area contributed by atoms with Crippen molar-refractivity contribution in [3.05, 3.63) is 78.4 Å². The predicted molar refractivity (Wildman–Crippen MR) is 102 cm³/mol. The van der Waals surface area contributed by atoms with E-state index in [-0.39, 0.29) is 0 Å². The van der Waals surface area contributed by atoms with E-state index >= 15 is 0 Å². The number of hydrogen-bond acceptors (Lipinski definition) is 5. The van der Waals surface area contributed by atoms with E-state index in [9.17, 15) is 0 Å². The Morgan fingerprint density at radius 2 is 1.88 bits per heavy atom. The molecule has 4 aromatic rings. The Morgan fingerprint density at radius 1 is 0.962 bits per heavy atom. The zero-order valence-corrected chi connectivity index (χ0v) is 14.5. The highest BCUT2D eigenvalue weighted by molar-refractivity contribution is 5.90. The minimum atomic E-state index is 0.705. The molecule has 0 saturated heterocycles. The summed E-state index contributed by atoms with van der Waals surface area (Å²) in [7, 11) is 0. The van der Waals surface area contributed by atoms with E-state index < -0.39 is 0 Å². The first-order chi connectivity index (χ1) is 12.7. The van der Waals surface area contributed by atoms with Crippen molar-refractivity contribution in [1.29, 1.82) is 0 Å². The van der Waals surface area contributed by atoms with E-state index in [4.69, 9.17) is 4.74 Å². The van der Waals surface area contributed by atoms with Crippen LogP contribution in [0.15, 0.2) is 61.1 Å². The standard InChI is InChI=1S/C21H17N4O/c1-14-10-11-16(12-22-14)26-20-9-5-8-18(15(20)2)25-21-17-6-3-4-7-19(17)23-13-24-21/h3-5,7-13H,1-2H3,(H,23,24,25). The first-order valence-electron chi connectivity index (χ1n) is 8.29. The van der Waals surface area contributed by atoms with Crippen molar-refractivity contribution in [1.82, 2.24) is 15.0 Å². The van der Waals surface area contributed by atoms with Crippen LogP contribution in [0.25, 0.3) is 10.9 Å². The number of anilines is 2. The lowest BCUT2D eigenvalue weighted by Gasteiger charge is -2.14. The van der Waals surface area contributed by atoms with Gasteiger partial charge in [0.1, 0.15) is 23.6 Å². The van der Waals surface area contributed by atoms with Gasteiger partial charge >= 0.3 is 0 Å². The van der Waals surface area contributed by atoms with Gasteiger partial charge in [-0.05, 0) is 50.2 Å². The van der Waals surface area contributed by atoms with Gasteiger partial charge in [-0.2, -0.15) is 0 Å². The van der Waals surface area contributed by atoms with Gasteiger partial charge in [0.2, 0.25) is 0 Å². The van der Waals surface area contributed by atoms with Crippen molar-refractivity contribution < 1.29 is 4.74 Å². The van der Waals surface area contributed by atoms with Gasteiger partial charge in [0, 0.05) is 16.9 Å². The summed E-state index contributed by atoms with van der Waals surface area (Å²) in [5.41, 5.74) is 3.70. The highest BCUT2D eigenvalue weighted by Crippen LogP contribution is 2.32. The molecule has 1 radical (unpaired) electrons. The van der Waals surface area contributed by atoms with Crippen LogP contribution < -0.4 is 10.1 Å². The molecule has 0 aliphatic rings. The molecule has 2 aromatic carbocycles. The SMILES string of the molecule is Cc1ccc(Oc2cccc(Nc3ncnc4ccc[c]c34)c2C)cn1. The number of nitrogens with zero attached hydrogens (tertiary/aromatic N) is 3. The molecule has 26 heavy (non-hydrogen) atoms. The third-order valence-corrected chi connectivity index (χ3v) is 4.10. The summed E-state index contributed by atoms with van der Waals surface area (Å²) in [5, 5.41) is 4.22. The summed E-state index contributed by atoms with van der Waals surface area (Å²) in [6, 6.07) is 18.6. The summed E-state index contributed by atoms with van der Waals surface area (Å²) in [6.07, 6.45) is 3.27. The lowest BCUT2D eigenvalue weighted by molar-refractivity contribution is 0.476. The van der Waals surface area contributed by atoms with Crippen molar-refractivity contribution in [2.75, 3.05) is 5.32 Å². The highest BCUT2D eigenvalue weighted by atomic mass is 16.5. The Labute approximate surface area is 151 Å². The number of hydrogen-bond donors (Lipinski definition) is 1. The topological polar surface area (TPSA) is 59.9 Å². The Kier molecular flexibility index (Phi) is 4.19. The smallest absolute Gasteiger partial charge is 0.145 e. The average molecular weight is 341 g/mol. The first kappa shape index (κ1) is 16.0. The fourth-order valence-corrected chi connectivity index (χ4v) is 2.66. The monoisotopic (exact) mass is 341 g/mol. The second-order valence-electron chi connectivity index (χ2n) is 5.94. The van der Waals surface area contributed by atoms with E-state index in [1.165, 1.54) is 0 Å². The fourth-order valence-electron chi connectivity index (χ4n) is 2.66. The largest absolute Gasteiger partial charge is 0.455 e. The molecule has 0 aliphatic carbocycles. The van der Waals surface area contributed by atoms with Gasteiger partial charge in [-0.1, -0.05) is 18.2 Å². The van der Waals surface area contributed by atoms with E-state index in [1.54, 1.807) is 12.5 Å². The maximum atomic E-state index is 5.99. The molecule has 0 fully saturated rings. The van der Waals surface area contributed by atoms with Crippen LogP contribution in [0.2, 0.25) is 0 Å². The Balaban J connectivity index is 1.66. The van der Waals surface area contributed by atoms with Crippen LogP contribution in [0.5, 0.6) is 11.5 Å². The third kappa shape index (κ3) is 3.19. The molecule has 0 saturated carbocycles. The van der Waals surface area contributed by atoms with Crippen LogP contribution in [-0.2, 0) is 0 Å². The minimum absolute atomic E-state index is 0.705. The molecule has 2 aromatic heterocycles. The highest BCUT2D eigenvalue weighted by Gasteiger charge is 2.09. The van der Waals surface area contributed by atoms with Gasteiger partial charge in [0.25, 0.3) is 0 Å². The quantitative estimate of drug-likeness (QED) is 0.567. The molecular formula is C21H17N4O. The molecule has 127 valence electrons. The molecule has 5 nitrogen and oxygen atoms in total. The Bertz CT molecular complexity index is 1060. The number of aryl methyl sites for hydroxylation is 1. The summed E-state index contributed by atoms with van der Waals surface area (Å²) in [4.78, 5) is 12.9. The molecule has 0 spiro atoms. The van der Waals surface area contributed by atoms with Gasteiger partial charge in [-0.25, -0.2) is 9.97 Å². The summed E-state index contributed by atoms with van der Waals surface area (Å²) < 4.78 is 5.99. The number of fused-ring (bicyclic) bond motifs is 1. The molecular weight excluding hydrogens is 324 g/mol. The molecule has 0 unspecified atom stereocenters. The van der Waals surface area contributed by atoms with E-state index in [1.807, 2.05) is 62.4 Å². The van der Waals surface area contributed by atoms with E-state index in [0.29, 0.717) is 11.6 Å². The number of pyridine rings is 1. The van der Waals surface area contributed by atoms with Crippen LogP contribution in [0, 0.1) is 19.9 Å². The number of ether oxygens (including phenoxy) is 1. The summed E-state index contributed by atoms with van der Waals surface area (Å²) in [6.45, 7) is 3.95. The summed E-state index contributed by atoms with van der Waals surface area (Å²) in [5.74, 6) is 2.19. The normalized spacial score (nSPS) is 10.7. The Morgan fingerprint density at radius 3 is 2.73 bits per heavy atom. The van der Waals surface area contributed by atoms with Gasteiger partial charge < -0.3 is 10.1 Å². The number of nitrogens with one attached hydrogen (secondary N) is 1. The molecule has 2 heterocycles. The molecule has 0 atom stereocenters. The lowest BCUT2D eigenvalue weighted by atomic mass is 10.1. The minimum Gasteiger partial charge on any atom is -0.455 e. The zero-order chi connectivity index (χ0) is 17.9. The van der Waals surface area contributed by atoms with Gasteiger partial charge in [0.15, 0.2) is 0 Å². The number of benzene rings is 2. The van der Waals surface area contributed by atoms with Crippen LogP contribution in [0.4, 0.5) is 11.5 Å². The zero-order valence-electron chi connectivity index (χ0n) is 14.5. The van der Waals surface area contributed by atoms with Crippen LogP contribution in [0.1, 0.15) is 11.3 Å². The lowest BCUT2D eigenvalue weighted by Crippen LogP contribution is -1.99. The van der Waals surface area contributed by atoms with Crippen molar-refractivity contribution in [3.63, 3.8) is 0 Å². The van der Waals surface area contributed by atoms with Crippen molar-refractivity contribution in [2.24, 2.45) is 0 Å². The van der Waals surface area contributed by atoms with Gasteiger partial charge in [0.05, 0.1) is 17.1 Å². The molecule has 0 amide bonds. The van der Waals surface area contributed by atoms with Gasteiger partial charge in [-0.15, -0.1) is 0 Å². The average Bonchev–Trinajstić information content (AvgIpc) is 2.67. The first-order valence-corrected chi connectivity index (χ1v) is 8.29. The second-order valence-corrected chi connectivity index (χ2v) is 5.94. The fraction of sp³-hybridized carbons (Fsp3) is 0.0952. The van der Waals surface area contributed by atoms with Crippen molar-refractivity contribution in [2.45, 2.75) is 13.8 Å². The molecule has 1 N–H and O–H groups in total. The third-order valence-electron chi connectivity index (χ3n) is 4.10. The predicted octanol–water partition coefficient (Wildman–Crippen LogP) is 4.98. The van der Waals surface area contributed by atoms with E-state index in [0.717, 1.165) is 33.6 Å². The second kappa shape index (κ2) is 6.80. The van der Waals surface area contributed by atoms with Crippen LogP contribution in [0.3, 0.4) is 0 Å². The maximum Gasteiger partial charge on any atom is 0.145 e. The Hall–Kier alpha value is -3.47. The number of aromatic nitrogens is 3. The molecule has 4 rings (SSSR count). The molecule has 5 heteroatoms. The van der Waals surface area contributed by atoms with Crippen molar-refractivity contribution >= 4 is 22.4 Å². The van der Waals surface area contributed by atoms with Crippen LogP contribution in [-0.4, -0.2) is 15.0 Å². The molecule has 0 bridgehead atoms. The number of rotatable bonds is 4.